The topological polar surface area (TPSA) is 34.1 Å². The van der Waals surface area contributed by atoms with Gasteiger partial charge in [-0.2, -0.15) is 0 Å². The summed E-state index contributed by atoms with van der Waals surface area (Å²) in [6, 6.07) is 6.64. The average Bonchev–Trinajstić information content (AvgIpc) is 2.17. The first-order valence-corrected chi connectivity index (χ1v) is 6.94. The van der Waals surface area contributed by atoms with Crippen LogP contribution >= 0.6 is 10.7 Å². The molecule has 0 spiro atoms. The Morgan fingerprint density at radius 3 is 2.00 bits per heavy atom. The van der Waals surface area contributed by atoms with Crippen LogP contribution in [0.4, 0.5) is 0 Å². The van der Waals surface area contributed by atoms with Crippen molar-refractivity contribution in [3.8, 4) is 0 Å². The molecule has 0 unspecified atom stereocenters. The molecular formula is C11H14ClO2S. The highest BCUT2D eigenvalue weighted by Crippen LogP contribution is 2.27. The van der Waals surface area contributed by atoms with Crippen LogP contribution in [0.15, 0.2) is 29.2 Å². The molecule has 1 aromatic rings. The lowest BCUT2D eigenvalue weighted by Crippen LogP contribution is -2.15. The van der Waals surface area contributed by atoms with Gasteiger partial charge < -0.3 is 0 Å². The molecular weight excluding hydrogens is 232 g/mol. The van der Waals surface area contributed by atoms with Gasteiger partial charge in [0.25, 0.3) is 9.05 Å². The lowest BCUT2D eigenvalue weighted by Gasteiger charge is -2.22. The zero-order valence-corrected chi connectivity index (χ0v) is 10.6. The molecule has 0 aliphatic carbocycles. The predicted molar refractivity (Wildman–Crippen MR) is 62.5 cm³/mol. The molecule has 0 aromatic heterocycles. The molecule has 0 saturated heterocycles. The van der Waals surface area contributed by atoms with Crippen LogP contribution < -0.4 is 0 Å². The fourth-order valence-electron chi connectivity index (χ4n) is 1.21. The monoisotopic (exact) mass is 245 g/mol. The minimum absolute atomic E-state index is 0.0609. The third kappa shape index (κ3) is 2.95. The van der Waals surface area contributed by atoms with Crippen LogP contribution in [0.1, 0.15) is 26.3 Å². The highest BCUT2D eigenvalue weighted by molar-refractivity contribution is 8.13. The van der Waals surface area contributed by atoms with Gasteiger partial charge in [0.2, 0.25) is 0 Å². The first-order valence-electron chi connectivity index (χ1n) is 4.63. The second-order valence-electron chi connectivity index (χ2n) is 3.97. The van der Waals surface area contributed by atoms with Gasteiger partial charge in [0.15, 0.2) is 0 Å². The summed E-state index contributed by atoms with van der Waals surface area (Å²) in [4.78, 5) is 0.139. The lowest BCUT2D eigenvalue weighted by atomic mass is 9.82. The Kier molecular flexibility index (Phi) is 3.46. The van der Waals surface area contributed by atoms with E-state index in [1.165, 1.54) is 12.1 Å². The summed E-state index contributed by atoms with van der Waals surface area (Å²) in [5.41, 5.74) is 1.00. The molecule has 1 radical (unpaired) electrons. The number of hydrogen-bond donors (Lipinski definition) is 0. The van der Waals surface area contributed by atoms with Crippen molar-refractivity contribution in [1.82, 2.24) is 0 Å². The molecule has 4 heteroatoms. The molecule has 0 atom stereocenters. The molecule has 0 fully saturated rings. The van der Waals surface area contributed by atoms with E-state index >= 15 is 0 Å². The largest absolute Gasteiger partial charge is 0.261 e. The Morgan fingerprint density at radius 2 is 1.67 bits per heavy atom. The zero-order chi connectivity index (χ0) is 11.7. The number of rotatable bonds is 3. The van der Waals surface area contributed by atoms with E-state index < -0.39 is 9.05 Å². The molecule has 1 aromatic carbocycles. The van der Waals surface area contributed by atoms with E-state index in [9.17, 15) is 8.42 Å². The van der Waals surface area contributed by atoms with E-state index in [2.05, 4.69) is 20.3 Å². The third-order valence-corrected chi connectivity index (χ3v) is 3.97. The Bertz CT molecular complexity index is 432. The molecule has 0 heterocycles. The molecule has 0 aliphatic rings. The number of benzene rings is 1. The maximum Gasteiger partial charge on any atom is 0.261 e. The van der Waals surface area contributed by atoms with Crippen LogP contribution in [0.5, 0.6) is 0 Å². The van der Waals surface area contributed by atoms with Gasteiger partial charge in [0, 0.05) is 10.7 Å². The molecule has 0 bridgehead atoms. The van der Waals surface area contributed by atoms with E-state index in [4.69, 9.17) is 10.7 Å². The van der Waals surface area contributed by atoms with Crippen molar-refractivity contribution < 1.29 is 8.42 Å². The van der Waals surface area contributed by atoms with Gasteiger partial charge in [0.1, 0.15) is 0 Å². The Morgan fingerprint density at radius 1 is 1.20 bits per heavy atom. The lowest BCUT2D eigenvalue weighted by molar-refractivity contribution is 0.606. The summed E-state index contributed by atoms with van der Waals surface area (Å²) < 4.78 is 22.0. The van der Waals surface area contributed by atoms with Crippen LogP contribution in [-0.2, 0) is 14.5 Å². The normalized spacial score (nSPS) is 12.8. The molecule has 15 heavy (non-hydrogen) atoms. The van der Waals surface area contributed by atoms with Crippen molar-refractivity contribution in [1.29, 1.82) is 0 Å². The quantitative estimate of drug-likeness (QED) is 0.767. The highest BCUT2D eigenvalue weighted by atomic mass is 35.7. The van der Waals surface area contributed by atoms with Gasteiger partial charge in [-0.15, -0.1) is 0 Å². The number of halogens is 1. The van der Waals surface area contributed by atoms with Crippen molar-refractivity contribution in [3.05, 3.63) is 36.2 Å². The van der Waals surface area contributed by atoms with Gasteiger partial charge in [-0.3, -0.25) is 0 Å². The molecule has 83 valence electrons. The first-order chi connectivity index (χ1) is 6.77. The van der Waals surface area contributed by atoms with Crippen LogP contribution in [-0.4, -0.2) is 8.42 Å². The van der Waals surface area contributed by atoms with Crippen molar-refractivity contribution in [2.24, 2.45) is 0 Å². The van der Waals surface area contributed by atoms with Crippen LogP contribution in [0.25, 0.3) is 0 Å². The van der Waals surface area contributed by atoms with E-state index in [1.54, 1.807) is 12.1 Å². The Labute approximate surface area is 95.7 Å². The van der Waals surface area contributed by atoms with Gasteiger partial charge in [-0.1, -0.05) is 32.9 Å². The first kappa shape index (κ1) is 12.5. The summed E-state index contributed by atoms with van der Waals surface area (Å²) in [6.45, 7) is 6.11. The highest BCUT2D eigenvalue weighted by Gasteiger charge is 2.19. The van der Waals surface area contributed by atoms with Crippen molar-refractivity contribution in [2.75, 3.05) is 0 Å². The summed E-state index contributed by atoms with van der Waals surface area (Å²) in [5.74, 6) is 0. The van der Waals surface area contributed by atoms with Gasteiger partial charge in [0.05, 0.1) is 4.90 Å². The maximum atomic E-state index is 11.0. The smallest absolute Gasteiger partial charge is 0.207 e. The summed E-state index contributed by atoms with van der Waals surface area (Å²) in [5, 5.41) is 0. The van der Waals surface area contributed by atoms with Crippen molar-refractivity contribution >= 4 is 19.7 Å². The van der Waals surface area contributed by atoms with E-state index in [0.717, 1.165) is 5.56 Å². The number of hydrogen-bond acceptors (Lipinski definition) is 2. The minimum Gasteiger partial charge on any atom is -0.207 e. The van der Waals surface area contributed by atoms with Crippen LogP contribution in [0.3, 0.4) is 0 Å². The van der Waals surface area contributed by atoms with Crippen LogP contribution in [0, 0.1) is 6.42 Å². The van der Waals surface area contributed by atoms with E-state index in [0.29, 0.717) is 0 Å². The predicted octanol–water partition coefficient (Wildman–Crippen LogP) is 3.12. The van der Waals surface area contributed by atoms with Crippen molar-refractivity contribution in [2.45, 2.75) is 31.1 Å². The van der Waals surface area contributed by atoms with E-state index in [-0.39, 0.29) is 10.3 Å². The van der Waals surface area contributed by atoms with Gasteiger partial charge >= 0.3 is 0 Å². The molecule has 0 N–H and O–H groups in total. The maximum absolute atomic E-state index is 11.0. The Hall–Kier alpha value is -0.540. The average molecular weight is 246 g/mol. The fourth-order valence-corrected chi connectivity index (χ4v) is 1.98. The standard InChI is InChI=1S/C11H14ClO2S/c1-4-11(2,3)9-5-7-10(8-6-9)15(12,13)14/h4-8H,1-3H3. The molecule has 0 saturated carbocycles. The second-order valence-corrected chi connectivity index (χ2v) is 6.54. The SMILES string of the molecule is C[CH]C(C)(C)c1ccc(S(=O)(=O)Cl)cc1. The van der Waals surface area contributed by atoms with Gasteiger partial charge in [-0.05, 0) is 29.5 Å². The summed E-state index contributed by atoms with van der Waals surface area (Å²) in [7, 11) is 1.61. The van der Waals surface area contributed by atoms with Crippen molar-refractivity contribution in [3.63, 3.8) is 0 Å². The molecule has 0 aliphatic heterocycles. The van der Waals surface area contributed by atoms with Crippen LogP contribution in [0.2, 0.25) is 0 Å². The van der Waals surface area contributed by atoms with E-state index in [1.807, 2.05) is 6.92 Å². The molecule has 1 rings (SSSR count). The van der Waals surface area contributed by atoms with Gasteiger partial charge in [-0.25, -0.2) is 8.42 Å². The molecule has 0 amide bonds. The fraction of sp³-hybridized carbons (Fsp3) is 0.364. The summed E-state index contributed by atoms with van der Waals surface area (Å²) >= 11 is 0. The third-order valence-electron chi connectivity index (χ3n) is 2.60. The minimum atomic E-state index is -3.61. The Balaban J connectivity index is 3.12. The second kappa shape index (κ2) is 4.14. The summed E-state index contributed by atoms with van der Waals surface area (Å²) in [6.07, 6.45) is 2.07. The molecule has 2 nitrogen and oxygen atoms in total. The zero-order valence-electron chi connectivity index (χ0n) is 8.99.